The molecule has 2 unspecified atom stereocenters. The highest BCUT2D eigenvalue weighted by molar-refractivity contribution is 7.92. The lowest BCUT2D eigenvalue weighted by molar-refractivity contribution is -0.0464. The molecule has 3 aromatic rings. The van der Waals surface area contributed by atoms with Crippen LogP contribution < -0.4 is 14.4 Å². The summed E-state index contributed by atoms with van der Waals surface area (Å²) in [6.45, 7) is 15.8. The van der Waals surface area contributed by atoms with Crippen molar-refractivity contribution in [1.82, 2.24) is 19.1 Å². The maximum absolute atomic E-state index is 14.8. The van der Waals surface area contributed by atoms with Crippen molar-refractivity contribution in [3.8, 4) is 5.75 Å². The number of hydrogen-bond acceptors (Lipinski definition) is 9. The van der Waals surface area contributed by atoms with E-state index in [1.165, 1.54) is 11.1 Å². The largest absolute Gasteiger partial charge is 0.491 e. The summed E-state index contributed by atoms with van der Waals surface area (Å²) in [4.78, 5) is 35.5. The Balaban J connectivity index is 1.07. The highest BCUT2D eigenvalue weighted by Gasteiger charge is 2.80. The summed E-state index contributed by atoms with van der Waals surface area (Å²) in [5.41, 5.74) is 4.95. The van der Waals surface area contributed by atoms with Crippen molar-refractivity contribution in [2.24, 2.45) is 34.6 Å². The lowest BCUT2D eigenvalue weighted by Gasteiger charge is -2.43. The Morgan fingerprint density at radius 1 is 1.10 bits per heavy atom. The molecule has 2 amide bonds. The second-order valence-electron chi connectivity index (χ2n) is 17.9. The molecule has 2 saturated carbocycles. The number of hydrogen-bond donors (Lipinski definition) is 1. The van der Waals surface area contributed by atoms with Crippen LogP contribution in [0.15, 0.2) is 65.7 Å². The van der Waals surface area contributed by atoms with E-state index >= 15 is 0 Å². The first-order valence-electron chi connectivity index (χ1n) is 21.6. The number of halogens is 1. The fraction of sp³-hybridized carbons (Fsp3) is 0.565. The van der Waals surface area contributed by atoms with Gasteiger partial charge in [-0.3, -0.25) is 24.1 Å². The first-order valence-corrected chi connectivity index (χ1v) is 23.7. The van der Waals surface area contributed by atoms with Crippen LogP contribution in [-0.4, -0.2) is 108 Å². The second kappa shape index (κ2) is 17.9. The van der Waals surface area contributed by atoms with E-state index in [2.05, 4.69) is 49.4 Å². The van der Waals surface area contributed by atoms with Gasteiger partial charge in [0.05, 0.1) is 42.9 Å². The number of nitrogens with one attached hydrogen (secondary N) is 1. The van der Waals surface area contributed by atoms with Gasteiger partial charge in [0.25, 0.3) is 11.8 Å². The quantitative estimate of drug-likeness (QED) is 0.186. The minimum atomic E-state index is -3.57. The number of anilines is 1. The first-order chi connectivity index (χ1) is 28.9. The zero-order valence-electron chi connectivity index (χ0n) is 35.6. The van der Waals surface area contributed by atoms with Gasteiger partial charge in [0.15, 0.2) is 0 Å². The molecule has 2 saturated heterocycles. The molecule has 3 aliphatic heterocycles. The molecule has 324 valence electrons. The van der Waals surface area contributed by atoms with Gasteiger partial charge in [-0.15, -0.1) is 10.9 Å². The highest BCUT2D eigenvalue weighted by atomic mass is 35.5. The number of nitrogens with zero attached hydrogens (tertiary/aromatic N) is 5. The molecule has 0 radical (unpaired) electrons. The average molecular weight is 862 g/mol. The molecule has 12 nitrogen and oxygen atoms in total. The van der Waals surface area contributed by atoms with E-state index in [0.717, 1.165) is 83.0 Å². The summed E-state index contributed by atoms with van der Waals surface area (Å²) in [6.07, 6.45) is 8.07. The van der Waals surface area contributed by atoms with Crippen molar-refractivity contribution in [2.75, 3.05) is 70.3 Å². The van der Waals surface area contributed by atoms with E-state index in [0.29, 0.717) is 60.3 Å². The summed E-state index contributed by atoms with van der Waals surface area (Å²) in [5.74, 6) is 0.421. The number of carbonyl (C=O) groups is 2. The van der Waals surface area contributed by atoms with Gasteiger partial charge in [0.2, 0.25) is 0 Å². The smallest absolute Gasteiger partial charge is 0.286 e. The van der Waals surface area contributed by atoms with Crippen molar-refractivity contribution in [3.05, 3.63) is 94.3 Å². The number of methoxy groups -OCH3 is 1. The predicted octanol–water partition coefficient (Wildman–Crippen LogP) is 6.75. The number of rotatable bonds is 13. The molecule has 8 rings (SSSR count). The van der Waals surface area contributed by atoms with Gasteiger partial charge >= 0.3 is 0 Å². The van der Waals surface area contributed by atoms with E-state index in [-0.39, 0.29) is 28.8 Å². The number of ether oxygens (including phenoxy) is 3. The lowest BCUT2D eigenvalue weighted by atomic mass is 9.98. The summed E-state index contributed by atoms with van der Waals surface area (Å²) in [7, 11) is 0.124. The highest BCUT2D eigenvalue weighted by Crippen LogP contribution is 2.81. The van der Waals surface area contributed by atoms with Gasteiger partial charge in [0, 0.05) is 88.5 Å². The van der Waals surface area contributed by atoms with Crippen LogP contribution in [0.25, 0.3) is 0 Å². The number of aryl methyl sites for hydroxylation is 2. The number of benzene rings is 2. The third-order valence-electron chi connectivity index (χ3n) is 13.5. The Morgan fingerprint density at radius 2 is 1.95 bits per heavy atom. The SMILES string of the molecule is C=CC[C@H](C)CS(=O)(=NC(=O)c1ccc2c(c1)N(C[C@]13CC1[C@H]3[C@H](C)OC)Cc1ccc(Cl)cc1CCCCO2)NC(=O)c1cc(CN2CCN3CCOC[C@@H]3C2)n(C)c1. The standard InChI is InChI=1S/C46H61ClN6O6S/c1-6-9-31(2)29-60(56,49-45(55)36-21-38(50(4)24-36)26-51-15-16-52-17-19-58-28-39(52)27-51)48-44(54)34-12-14-42-41(22-34)53(30-46-23-40(46)43(46)32(3)57-5)25-35-11-13-37(47)20-33(35)10-7-8-18-59-42/h6,11-14,20-22,24,31-32,39-40,43H,1,7-10,15-19,23,25-30H2,2-5H3,(H,48,49,54,55,56)/t31-,32-,39-,40?,43+,46+,60?/m0/s1. The number of carbonyl (C=O) groups excluding carboxylic acids is 2. The Hall–Kier alpha value is -3.72. The van der Waals surface area contributed by atoms with Crippen LogP contribution in [0.2, 0.25) is 5.02 Å². The van der Waals surface area contributed by atoms with Crippen molar-refractivity contribution in [3.63, 3.8) is 0 Å². The number of piperazine rings is 1. The monoisotopic (exact) mass is 860 g/mol. The van der Waals surface area contributed by atoms with E-state index in [1.54, 1.807) is 25.4 Å². The topological polar surface area (TPSA) is 118 Å². The molecule has 14 heteroatoms. The van der Waals surface area contributed by atoms with Gasteiger partial charge in [-0.05, 0) is 110 Å². The van der Waals surface area contributed by atoms with Crippen LogP contribution in [0.4, 0.5) is 5.69 Å². The van der Waals surface area contributed by atoms with Crippen molar-refractivity contribution in [1.29, 1.82) is 0 Å². The molecular weight excluding hydrogens is 800 g/mol. The van der Waals surface area contributed by atoms with E-state index < -0.39 is 21.7 Å². The van der Waals surface area contributed by atoms with Gasteiger partial charge in [-0.2, -0.15) is 0 Å². The van der Waals surface area contributed by atoms with Crippen molar-refractivity contribution in [2.45, 2.75) is 71.2 Å². The molecule has 4 heterocycles. The maximum Gasteiger partial charge on any atom is 0.286 e. The fourth-order valence-corrected chi connectivity index (χ4v) is 12.1. The van der Waals surface area contributed by atoms with Gasteiger partial charge < -0.3 is 23.7 Å². The second-order valence-corrected chi connectivity index (χ2v) is 20.3. The zero-order chi connectivity index (χ0) is 42.2. The predicted molar refractivity (Wildman–Crippen MR) is 236 cm³/mol. The number of morpholine rings is 1. The van der Waals surface area contributed by atoms with Crippen LogP contribution in [-0.2, 0) is 45.9 Å². The molecule has 7 atom stereocenters. The third-order valence-corrected chi connectivity index (χ3v) is 15.8. The molecular formula is C46H61ClN6O6S. The van der Waals surface area contributed by atoms with E-state index in [4.69, 9.17) is 25.8 Å². The van der Waals surface area contributed by atoms with Gasteiger partial charge in [-0.25, -0.2) is 4.21 Å². The molecule has 60 heavy (non-hydrogen) atoms. The number of fused-ring (bicyclic) bond motifs is 4. The minimum Gasteiger partial charge on any atom is -0.491 e. The summed E-state index contributed by atoms with van der Waals surface area (Å²) in [6, 6.07) is 13.7. The van der Waals surface area contributed by atoms with Gasteiger partial charge in [0.1, 0.15) is 15.7 Å². The van der Waals surface area contributed by atoms with E-state index in [9.17, 15) is 13.8 Å². The molecule has 4 fully saturated rings. The van der Waals surface area contributed by atoms with E-state index in [1.807, 2.05) is 42.8 Å². The van der Waals surface area contributed by atoms with Crippen LogP contribution in [0.1, 0.15) is 77.1 Å². The Morgan fingerprint density at radius 3 is 2.75 bits per heavy atom. The van der Waals surface area contributed by atoms with Gasteiger partial charge in [-0.1, -0.05) is 30.7 Å². The molecule has 5 aliphatic rings. The Bertz CT molecular complexity index is 2220. The molecule has 0 bridgehead atoms. The third kappa shape index (κ3) is 9.36. The summed E-state index contributed by atoms with van der Waals surface area (Å²) in [5, 5.41) is 0.716. The summed E-state index contributed by atoms with van der Waals surface area (Å²) >= 11 is 6.51. The lowest BCUT2D eigenvalue weighted by Crippen LogP contribution is -2.57. The molecule has 2 aliphatic carbocycles. The Kier molecular flexibility index (Phi) is 12.8. The molecule has 0 spiro atoms. The van der Waals surface area contributed by atoms with Crippen molar-refractivity contribution >= 4 is 39.0 Å². The first kappa shape index (κ1) is 42.9. The number of allylic oxidation sites excluding steroid dienone is 1. The number of amides is 2. The van der Waals surface area contributed by atoms with Crippen LogP contribution >= 0.6 is 11.6 Å². The van der Waals surface area contributed by atoms with Crippen LogP contribution in [0, 0.1) is 23.2 Å². The fourth-order valence-electron chi connectivity index (χ4n) is 9.99. The summed E-state index contributed by atoms with van der Waals surface area (Å²) < 4.78 is 41.8. The zero-order valence-corrected chi connectivity index (χ0v) is 37.1. The minimum absolute atomic E-state index is 0.00751. The average Bonchev–Trinajstić information content (AvgIpc) is 4.05. The van der Waals surface area contributed by atoms with Crippen LogP contribution in [0.5, 0.6) is 5.75 Å². The number of aromatic nitrogens is 1. The molecule has 2 aromatic carbocycles. The van der Waals surface area contributed by atoms with Crippen molar-refractivity contribution < 1.29 is 28.0 Å². The maximum atomic E-state index is 14.8. The normalized spacial score (nSPS) is 26.0. The van der Waals surface area contributed by atoms with Crippen LogP contribution in [0.3, 0.4) is 0 Å². The Labute approximate surface area is 360 Å². The molecule has 1 aromatic heterocycles. The molecule has 1 N–H and O–H groups in total.